The highest BCUT2D eigenvalue weighted by Crippen LogP contribution is 2.21. The summed E-state index contributed by atoms with van der Waals surface area (Å²) in [7, 11) is 0. The van der Waals surface area contributed by atoms with E-state index in [0.717, 1.165) is 12.8 Å². The van der Waals surface area contributed by atoms with E-state index in [1.54, 1.807) is 0 Å². The summed E-state index contributed by atoms with van der Waals surface area (Å²) >= 11 is 0. The largest absolute Gasteiger partial charge is 0.125 e. The second-order valence-electron chi connectivity index (χ2n) is 3.16. The van der Waals surface area contributed by atoms with Gasteiger partial charge in [0.1, 0.15) is 0 Å². The maximum absolute atomic E-state index is 3.76. The quantitative estimate of drug-likeness (QED) is 0.490. The molecule has 0 heterocycles. The summed E-state index contributed by atoms with van der Waals surface area (Å²) < 4.78 is 0. The van der Waals surface area contributed by atoms with Gasteiger partial charge in [-0.3, -0.25) is 0 Å². The van der Waals surface area contributed by atoms with Crippen molar-refractivity contribution in [1.82, 2.24) is 0 Å². The molecule has 1 rings (SSSR count). The predicted octanol–water partition coefficient (Wildman–Crippen LogP) is 3.99. The molecule has 14 heavy (non-hydrogen) atoms. The van der Waals surface area contributed by atoms with Gasteiger partial charge in [-0.15, -0.1) is 12.3 Å². The Morgan fingerprint density at radius 1 is 1.43 bits per heavy atom. The molecule has 0 nitrogen and oxygen atoms in total. The first-order chi connectivity index (χ1) is 6.83. The Morgan fingerprint density at radius 2 is 2.14 bits per heavy atom. The van der Waals surface area contributed by atoms with Gasteiger partial charge in [-0.1, -0.05) is 43.8 Å². The van der Waals surface area contributed by atoms with Gasteiger partial charge in [0.15, 0.2) is 0 Å². The van der Waals surface area contributed by atoms with Crippen LogP contribution in [0.25, 0.3) is 5.57 Å². The Hall–Kier alpha value is -1.52. The fraction of sp³-hybridized carbons (Fsp3) is 0.214. The molecular weight excluding hydrogens is 168 g/mol. The summed E-state index contributed by atoms with van der Waals surface area (Å²) in [5, 5.41) is 0. The lowest BCUT2D eigenvalue weighted by atomic mass is 9.97. The molecule has 72 valence electrons. The Kier molecular flexibility index (Phi) is 3.97. The summed E-state index contributed by atoms with van der Waals surface area (Å²) in [6.45, 7) is 9.61. The van der Waals surface area contributed by atoms with Crippen molar-refractivity contribution < 1.29 is 0 Å². The molecule has 0 bridgehead atoms. The standard InChI is InChI=1S/C14H16/c1-4-9-13-10-7-8-11-14(13)12(5-2)6-3/h4,7-8,10-11H,1-2,6,9H2,3H3. The molecular formula is C14H16. The van der Waals surface area contributed by atoms with Crippen LogP contribution in [0.4, 0.5) is 0 Å². The molecule has 0 aromatic heterocycles. The number of hydrogen-bond donors (Lipinski definition) is 0. The van der Waals surface area contributed by atoms with Crippen LogP contribution >= 0.6 is 0 Å². The minimum absolute atomic E-state index is 0.904. The van der Waals surface area contributed by atoms with Crippen LogP contribution in [0.3, 0.4) is 0 Å². The Labute approximate surface area is 86.3 Å². The van der Waals surface area contributed by atoms with Crippen molar-refractivity contribution in [3.63, 3.8) is 0 Å². The van der Waals surface area contributed by atoms with Crippen molar-refractivity contribution in [3.05, 3.63) is 60.4 Å². The second-order valence-corrected chi connectivity index (χ2v) is 3.16. The first-order valence-electron chi connectivity index (χ1n) is 4.91. The minimum Gasteiger partial charge on any atom is -0.125 e. The second kappa shape index (κ2) is 5.26. The smallest absolute Gasteiger partial charge is 0.000594 e. The first-order valence-corrected chi connectivity index (χ1v) is 4.91. The van der Waals surface area contributed by atoms with Crippen molar-refractivity contribution >= 4 is 5.57 Å². The normalized spacial score (nSPS) is 9.21. The van der Waals surface area contributed by atoms with Crippen molar-refractivity contribution in [2.75, 3.05) is 0 Å². The summed E-state index contributed by atoms with van der Waals surface area (Å²) in [5.74, 6) is 0. The third kappa shape index (κ3) is 2.25. The number of hydrogen-bond acceptors (Lipinski definition) is 0. The maximum Gasteiger partial charge on any atom is 0.000594 e. The summed E-state index contributed by atoms with van der Waals surface area (Å²) in [6.07, 6.45) is 3.80. The van der Waals surface area contributed by atoms with Gasteiger partial charge in [0.05, 0.1) is 0 Å². The number of rotatable bonds is 4. The SMILES string of the molecule is C=C=C(CC)c1ccccc1CC=C. The van der Waals surface area contributed by atoms with Crippen LogP contribution in [-0.2, 0) is 6.42 Å². The van der Waals surface area contributed by atoms with Crippen LogP contribution in [0.1, 0.15) is 24.5 Å². The Bertz CT molecular complexity index is 365. The van der Waals surface area contributed by atoms with Gasteiger partial charge in [0.25, 0.3) is 0 Å². The van der Waals surface area contributed by atoms with Crippen LogP contribution in [0.5, 0.6) is 0 Å². The molecule has 0 heteroatoms. The molecule has 0 aliphatic heterocycles. The molecule has 0 saturated carbocycles. The van der Waals surface area contributed by atoms with E-state index >= 15 is 0 Å². The van der Waals surface area contributed by atoms with Crippen LogP contribution in [0, 0.1) is 0 Å². The van der Waals surface area contributed by atoms with E-state index in [1.807, 2.05) is 6.08 Å². The highest BCUT2D eigenvalue weighted by Gasteiger charge is 2.03. The zero-order valence-corrected chi connectivity index (χ0v) is 8.72. The molecule has 0 aliphatic rings. The average molecular weight is 184 g/mol. The molecule has 0 aliphatic carbocycles. The molecule has 0 N–H and O–H groups in total. The molecule has 1 aromatic carbocycles. The number of allylic oxidation sites excluding steroid dienone is 2. The molecule has 0 fully saturated rings. The van der Waals surface area contributed by atoms with Gasteiger partial charge in [0, 0.05) is 5.57 Å². The van der Waals surface area contributed by atoms with Gasteiger partial charge in [-0.2, -0.15) is 0 Å². The summed E-state index contributed by atoms with van der Waals surface area (Å²) in [5.41, 5.74) is 6.74. The molecule has 0 radical (unpaired) electrons. The predicted molar refractivity (Wildman–Crippen MR) is 63.2 cm³/mol. The fourth-order valence-electron chi connectivity index (χ4n) is 1.56. The zero-order valence-electron chi connectivity index (χ0n) is 8.72. The first kappa shape index (κ1) is 10.6. The monoisotopic (exact) mass is 184 g/mol. The molecule has 0 amide bonds. The summed E-state index contributed by atoms with van der Waals surface area (Å²) in [4.78, 5) is 0. The van der Waals surface area contributed by atoms with Gasteiger partial charge in [-0.05, 0) is 24.0 Å². The Balaban J connectivity index is 3.18. The van der Waals surface area contributed by atoms with Crippen LogP contribution in [-0.4, -0.2) is 0 Å². The van der Waals surface area contributed by atoms with E-state index in [1.165, 1.54) is 16.7 Å². The third-order valence-electron chi connectivity index (χ3n) is 2.27. The number of benzene rings is 1. The fourth-order valence-corrected chi connectivity index (χ4v) is 1.56. The van der Waals surface area contributed by atoms with Crippen molar-refractivity contribution in [2.24, 2.45) is 0 Å². The molecule has 0 saturated heterocycles. The van der Waals surface area contributed by atoms with Gasteiger partial charge in [0.2, 0.25) is 0 Å². The van der Waals surface area contributed by atoms with Crippen LogP contribution in [0.2, 0.25) is 0 Å². The Morgan fingerprint density at radius 3 is 2.71 bits per heavy atom. The highest BCUT2D eigenvalue weighted by molar-refractivity contribution is 5.67. The highest BCUT2D eigenvalue weighted by atomic mass is 14.1. The van der Waals surface area contributed by atoms with E-state index in [9.17, 15) is 0 Å². The van der Waals surface area contributed by atoms with Crippen molar-refractivity contribution in [2.45, 2.75) is 19.8 Å². The molecule has 1 aromatic rings. The van der Waals surface area contributed by atoms with Crippen LogP contribution < -0.4 is 0 Å². The maximum atomic E-state index is 3.76. The van der Waals surface area contributed by atoms with Crippen molar-refractivity contribution in [1.29, 1.82) is 0 Å². The third-order valence-corrected chi connectivity index (χ3v) is 2.27. The molecule has 0 unspecified atom stereocenters. The van der Waals surface area contributed by atoms with Crippen LogP contribution in [0.15, 0.2) is 49.2 Å². The summed E-state index contributed by atoms with van der Waals surface area (Å²) in [6, 6.07) is 8.35. The van der Waals surface area contributed by atoms with E-state index in [2.05, 4.69) is 50.1 Å². The van der Waals surface area contributed by atoms with E-state index in [0.29, 0.717) is 0 Å². The van der Waals surface area contributed by atoms with Gasteiger partial charge in [-0.25, -0.2) is 0 Å². The van der Waals surface area contributed by atoms with Gasteiger partial charge >= 0.3 is 0 Å². The lowest BCUT2D eigenvalue weighted by molar-refractivity contribution is 1.19. The van der Waals surface area contributed by atoms with E-state index in [-0.39, 0.29) is 0 Å². The van der Waals surface area contributed by atoms with E-state index in [4.69, 9.17) is 0 Å². The topological polar surface area (TPSA) is 0 Å². The van der Waals surface area contributed by atoms with Gasteiger partial charge < -0.3 is 0 Å². The molecule has 0 atom stereocenters. The van der Waals surface area contributed by atoms with E-state index < -0.39 is 0 Å². The average Bonchev–Trinajstić information content (AvgIpc) is 2.23. The molecule has 0 spiro atoms. The zero-order chi connectivity index (χ0) is 10.4. The van der Waals surface area contributed by atoms with Crippen molar-refractivity contribution in [3.8, 4) is 0 Å². The minimum atomic E-state index is 0.904. The lowest BCUT2D eigenvalue weighted by Gasteiger charge is -2.07. The lowest BCUT2D eigenvalue weighted by Crippen LogP contribution is -1.90.